The molecule has 2 aromatic carbocycles. The van der Waals surface area contributed by atoms with Crippen LogP contribution in [0.15, 0.2) is 59.5 Å². The maximum atomic E-state index is 13.0. The van der Waals surface area contributed by atoms with E-state index < -0.39 is 5.60 Å². The Labute approximate surface area is 176 Å². The van der Waals surface area contributed by atoms with E-state index in [-0.39, 0.29) is 17.9 Å². The molecule has 3 aromatic rings. The molecule has 0 spiro atoms. The van der Waals surface area contributed by atoms with Gasteiger partial charge in [0.05, 0.1) is 18.6 Å². The smallest absolute Gasteiger partial charge is 0.258 e. The molecular formula is C25H28N2O3. The summed E-state index contributed by atoms with van der Waals surface area (Å²) in [4.78, 5) is 25.6. The van der Waals surface area contributed by atoms with Crippen molar-refractivity contribution in [3.05, 3.63) is 76.2 Å². The van der Waals surface area contributed by atoms with E-state index in [0.29, 0.717) is 23.0 Å². The summed E-state index contributed by atoms with van der Waals surface area (Å²) in [5.41, 5.74) is 1.78. The van der Waals surface area contributed by atoms with E-state index >= 15 is 0 Å². The Hall–Kier alpha value is -2.92. The molecule has 1 fully saturated rings. The summed E-state index contributed by atoms with van der Waals surface area (Å²) in [7, 11) is 0. The summed E-state index contributed by atoms with van der Waals surface area (Å²) in [6.07, 6.45) is 6.60. The van der Waals surface area contributed by atoms with Gasteiger partial charge in [-0.25, -0.2) is 0 Å². The summed E-state index contributed by atoms with van der Waals surface area (Å²) in [6, 6.07) is 15.1. The summed E-state index contributed by atoms with van der Waals surface area (Å²) in [5, 5.41) is 15.0. The number of hydrogen-bond acceptors (Lipinski definition) is 3. The zero-order valence-corrected chi connectivity index (χ0v) is 17.4. The highest BCUT2D eigenvalue weighted by atomic mass is 16.3. The number of aromatic nitrogens is 1. The number of fused-ring (bicyclic) bond motifs is 1. The molecule has 1 heterocycles. The first-order valence-corrected chi connectivity index (χ1v) is 10.6. The van der Waals surface area contributed by atoms with Crippen LogP contribution in [-0.2, 0) is 17.8 Å². The third kappa shape index (κ3) is 4.46. The third-order valence-electron chi connectivity index (χ3n) is 6.03. The van der Waals surface area contributed by atoms with Gasteiger partial charge in [0.25, 0.3) is 5.56 Å². The second kappa shape index (κ2) is 8.44. The Balaban J connectivity index is 1.56. The normalized spacial score (nSPS) is 15.8. The average Bonchev–Trinajstić information content (AvgIpc) is 2.73. The van der Waals surface area contributed by atoms with Crippen LogP contribution in [0.25, 0.3) is 10.8 Å². The van der Waals surface area contributed by atoms with Crippen molar-refractivity contribution in [2.24, 2.45) is 0 Å². The predicted octanol–water partition coefficient (Wildman–Crippen LogP) is 4.19. The summed E-state index contributed by atoms with van der Waals surface area (Å²) in [5.74, 6) is -0.118. The molecule has 1 aliphatic rings. The summed E-state index contributed by atoms with van der Waals surface area (Å²) >= 11 is 0. The van der Waals surface area contributed by atoms with Gasteiger partial charge in [-0.15, -0.1) is 0 Å². The highest BCUT2D eigenvalue weighted by molar-refractivity contribution is 6.02. The van der Waals surface area contributed by atoms with Crippen molar-refractivity contribution in [2.45, 2.75) is 57.6 Å². The Morgan fingerprint density at radius 2 is 1.77 bits per heavy atom. The molecule has 1 aromatic heterocycles. The first kappa shape index (κ1) is 20.4. The SMILES string of the molecule is Cc1ccc(CC(=O)Nc2cccc3c(=O)n(CC4(O)CCCCC4)ccc23)cc1. The maximum Gasteiger partial charge on any atom is 0.258 e. The fourth-order valence-corrected chi connectivity index (χ4v) is 4.32. The zero-order valence-electron chi connectivity index (χ0n) is 17.4. The number of aliphatic hydroxyl groups is 1. The highest BCUT2D eigenvalue weighted by Crippen LogP contribution is 2.29. The van der Waals surface area contributed by atoms with Crippen molar-refractivity contribution in [3.8, 4) is 0 Å². The molecule has 5 nitrogen and oxygen atoms in total. The van der Waals surface area contributed by atoms with Gasteiger partial charge in [0.15, 0.2) is 0 Å². The molecule has 1 amide bonds. The van der Waals surface area contributed by atoms with Crippen molar-refractivity contribution in [3.63, 3.8) is 0 Å². The summed E-state index contributed by atoms with van der Waals surface area (Å²) < 4.78 is 1.60. The molecule has 0 aliphatic heterocycles. The average molecular weight is 405 g/mol. The number of benzene rings is 2. The van der Waals surface area contributed by atoms with Crippen molar-refractivity contribution in [1.29, 1.82) is 0 Å². The number of carbonyl (C=O) groups is 1. The fourth-order valence-electron chi connectivity index (χ4n) is 4.32. The van der Waals surface area contributed by atoms with Gasteiger partial charge in [0, 0.05) is 22.7 Å². The molecule has 5 heteroatoms. The first-order chi connectivity index (χ1) is 14.4. The van der Waals surface area contributed by atoms with Gasteiger partial charge in [-0.2, -0.15) is 0 Å². The molecule has 0 atom stereocenters. The molecule has 1 saturated carbocycles. The van der Waals surface area contributed by atoms with Crippen LogP contribution in [0, 0.1) is 6.92 Å². The number of amides is 1. The van der Waals surface area contributed by atoms with Crippen LogP contribution in [0.3, 0.4) is 0 Å². The molecule has 0 unspecified atom stereocenters. The number of pyridine rings is 1. The van der Waals surface area contributed by atoms with Crippen molar-refractivity contribution in [1.82, 2.24) is 4.57 Å². The van der Waals surface area contributed by atoms with Crippen LogP contribution in [0.4, 0.5) is 5.69 Å². The van der Waals surface area contributed by atoms with E-state index in [1.165, 1.54) is 0 Å². The quantitative estimate of drug-likeness (QED) is 0.670. The molecule has 1 aliphatic carbocycles. The molecular weight excluding hydrogens is 376 g/mol. The monoisotopic (exact) mass is 404 g/mol. The largest absolute Gasteiger partial charge is 0.388 e. The number of nitrogens with zero attached hydrogens (tertiary/aromatic N) is 1. The van der Waals surface area contributed by atoms with Crippen LogP contribution in [0.1, 0.15) is 43.2 Å². The second-order valence-corrected chi connectivity index (χ2v) is 8.51. The number of hydrogen-bond donors (Lipinski definition) is 2. The van der Waals surface area contributed by atoms with Crippen LogP contribution in [0.5, 0.6) is 0 Å². The van der Waals surface area contributed by atoms with Gasteiger partial charge in [0.2, 0.25) is 5.91 Å². The van der Waals surface area contributed by atoms with Crippen LogP contribution < -0.4 is 10.9 Å². The molecule has 0 bridgehead atoms. The minimum absolute atomic E-state index is 0.118. The van der Waals surface area contributed by atoms with Gasteiger partial charge in [-0.1, -0.05) is 55.2 Å². The van der Waals surface area contributed by atoms with Crippen LogP contribution in [0.2, 0.25) is 0 Å². The third-order valence-corrected chi connectivity index (χ3v) is 6.03. The maximum absolute atomic E-state index is 13.0. The van der Waals surface area contributed by atoms with Gasteiger partial charge < -0.3 is 15.0 Å². The first-order valence-electron chi connectivity index (χ1n) is 10.6. The van der Waals surface area contributed by atoms with Gasteiger partial charge in [-0.3, -0.25) is 9.59 Å². The van der Waals surface area contributed by atoms with E-state index in [1.54, 1.807) is 22.9 Å². The number of aryl methyl sites for hydroxylation is 1. The molecule has 0 saturated heterocycles. The lowest BCUT2D eigenvalue weighted by molar-refractivity contribution is -0.115. The van der Waals surface area contributed by atoms with Gasteiger partial charge >= 0.3 is 0 Å². The molecule has 0 radical (unpaired) electrons. The summed E-state index contributed by atoms with van der Waals surface area (Å²) in [6.45, 7) is 2.32. The Morgan fingerprint density at radius 3 is 2.50 bits per heavy atom. The molecule has 30 heavy (non-hydrogen) atoms. The standard InChI is InChI=1S/C25H28N2O3/c1-18-8-10-19(11-9-18)16-23(28)26-22-7-5-6-21-20(22)12-15-27(24(21)29)17-25(30)13-3-2-4-14-25/h5-12,15,30H,2-4,13-14,16-17H2,1H3,(H,26,28). The fraction of sp³-hybridized carbons (Fsp3) is 0.360. The molecule has 2 N–H and O–H groups in total. The zero-order chi connectivity index (χ0) is 21.1. The number of nitrogens with one attached hydrogen (secondary N) is 1. The minimum Gasteiger partial charge on any atom is -0.388 e. The number of carbonyl (C=O) groups excluding carboxylic acids is 1. The lowest BCUT2D eigenvalue weighted by Crippen LogP contribution is -2.39. The van der Waals surface area contributed by atoms with E-state index in [2.05, 4.69) is 5.32 Å². The highest BCUT2D eigenvalue weighted by Gasteiger charge is 2.30. The van der Waals surface area contributed by atoms with Crippen molar-refractivity contribution >= 4 is 22.4 Å². The Kier molecular flexibility index (Phi) is 5.73. The van der Waals surface area contributed by atoms with E-state index in [1.807, 2.05) is 43.3 Å². The molecule has 4 rings (SSSR count). The van der Waals surface area contributed by atoms with Crippen LogP contribution in [-0.4, -0.2) is 21.2 Å². The Morgan fingerprint density at radius 1 is 1.03 bits per heavy atom. The van der Waals surface area contributed by atoms with Crippen molar-refractivity contribution in [2.75, 3.05) is 5.32 Å². The van der Waals surface area contributed by atoms with E-state index in [9.17, 15) is 14.7 Å². The topological polar surface area (TPSA) is 71.3 Å². The van der Waals surface area contributed by atoms with Gasteiger partial charge in [-0.05, 0) is 43.5 Å². The second-order valence-electron chi connectivity index (χ2n) is 8.51. The number of anilines is 1. The predicted molar refractivity (Wildman–Crippen MR) is 120 cm³/mol. The number of rotatable bonds is 5. The van der Waals surface area contributed by atoms with E-state index in [4.69, 9.17) is 0 Å². The van der Waals surface area contributed by atoms with Crippen molar-refractivity contribution < 1.29 is 9.90 Å². The van der Waals surface area contributed by atoms with E-state index in [0.717, 1.165) is 43.2 Å². The lowest BCUT2D eigenvalue weighted by Gasteiger charge is -2.32. The Bertz CT molecular complexity index is 1110. The van der Waals surface area contributed by atoms with Crippen LogP contribution >= 0.6 is 0 Å². The molecule has 156 valence electrons. The van der Waals surface area contributed by atoms with Gasteiger partial charge in [0.1, 0.15) is 0 Å². The lowest BCUT2D eigenvalue weighted by atomic mass is 9.85. The minimum atomic E-state index is -0.810.